The van der Waals surface area contributed by atoms with E-state index in [0.717, 1.165) is 5.56 Å². The predicted molar refractivity (Wildman–Crippen MR) is 143 cm³/mol. The summed E-state index contributed by atoms with van der Waals surface area (Å²) in [7, 11) is 5.67. The molecule has 0 N–H and O–H groups in total. The normalized spacial score (nSPS) is 11.5. The molecule has 3 aromatic carbocycles. The van der Waals surface area contributed by atoms with Crippen molar-refractivity contribution in [2.24, 2.45) is 0 Å². The second kappa shape index (κ2) is 12.2. The number of carbonyl (C=O) groups excluding carboxylic acids is 2. The number of carbonyl (C=O) groups is 2. The van der Waals surface area contributed by atoms with Gasteiger partial charge in [0.15, 0.2) is 6.61 Å². The molecule has 1 heterocycles. The van der Waals surface area contributed by atoms with E-state index in [1.165, 1.54) is 27.6 Å². The Bertz CT molecular complexity index is 1520. The highest BCUT2D eigenvalue weighted by Crippen LogP contribution is 2.40. The molecule has 0 aliphatic rings. The fourth-order valence-electron chi connectivity index (χ4n) is 4.32. The minimum Gasteiger partial charge on any atom is -0.497 e. The van der Waals surface area contributed by atoms with Crippen LogP contribution in [0.15, 0.2) is 76.1 Å². The summed E-state index contributed by atoms with van der Waals surface area (Å²) in [5.74, 6) is 0.0165. The number of hydrogen-bond acceptors (Lipinski definition) is 9. The summed E-state index contributed by atoms with van der Waals surface area (Å²) in [6.45, 7) is -0.236. The van der Waals surface area contributed by atoms with Gasteiger partial charge in [-0.15, -0.1) is 0 Å². The van der Waals surface area contributed by atoms with E-state index in [-0.39, 0.29) is 18.5 Å². The van der Waals surface area contributed by atoms with Crippen molar-refractivity contribution in [2.75, 3.05) is 35.0 Å². The largest absolute Gasteiger partial charge is 0.497 e. The molecule has 0 aliphatic carbocycles. The molecule has 9 nitrogen and oxygen atoms in total. The number of rotatable bonds is 10. The van der Waals surface area contributed by atoms with Crippen LogP contribution in [0.4, 0.5) is 0 Å². The fraction of sp³-hybridized carbons (Fsp3) is 0.233. The topological polar surface area (TPSA) is 110 Å². The first kappa shape index (κ1) is 27.3. The Morgan fingerprint density at radius 3 is 2.08 bits per heavy atom. The second-order valence-corrected chi connectivity index (χ2v) is 8.53. The first-order valence-corrected chi connectivity index (χ1v) is 12.0. The summed E-state index contributed by atoms with van der Waals surface area (Å²) in [6, 6.07) is 17.3. The van der Waals surface area contributed by atoms with Crippen molar-refractivity contribution in [2.45, 2.75) is 12.3 Å². The molecule has 9 heteroatoms. The molecule has 1 aromatic heterocycles. The van der Waals surface area contributed by atoms with Crippen LogP contribution in [0, 0.1) is 0 Å². The van der Waals surface area contributed by atoms with Crippen LogP contribution in [0.5, 0.6) is 17.2 Å². The number of benzene rings is 3. The van der Waals surface area contributed by atoms with E-state index in [1.807, 2.05) is 0 Å². The van der Waals surface area contributed by atoms with E-state index in [1.54, 1.807) is 67.8 Å². The molecule has 0 fully saturated rings. The van der Waals surface area contributed by atoms with Gasteiger partial charge in [-0.1, -0.05) is 24.3 Å². The lowest BCUT2D eigenvalue weighted by atomic mass is 9.86. The lowest BCUT2D eigenvalue weighted by Crippen LogP contribution is -2.14. The summed E-state index contributed by atoms with van der Waals surface area (Å²) in [6.07, 6.45) is 1.37. The van der Waals surface area contributed by atoms with Crippen LogP contribution in [0.2, 0.25) is 0 Å². The van der Waals surface area contributed by atoms with E-state index in [2.05, 4.69) is 4.74 Å². The van der Waals surface area contributed by atoms with Crippen molar-refractivity contribution in [1.82, 2.24) is 0 Å². The summed E-state index contributed by atoms with van der Waals surface area (Å²) < 4.78 is 32.0. The highest BCUT2D eigenvalue weighted by Gasteiger charge is 2.27. The number of fused-ring (bicyclic) bond motifs is 1. The molecule has 0 saturated heterocycles. The average Bonchev–Trinajstić information content (AvgIpc) is 2.98. The molecule has 0 radical (unpaired) electrons. The third-order valence-corrected chi connectivity index (χ3v) is 6.37. The van der Waals surface area contributed by atoms with E-state index in [4.69, 9.17) is 23.4 Å². The maximum Gasteiger partial charge on any atom is 0.343 e. The lowest BCUT2D eigenvalue weighted by molar-refractivity contribution is -0.143. The van der Waals surface area contributed by atoms with Gasteiger partial charge in [0, 0.05) is 11.5 Å². The Morgan fingerprint density at radius 1 is 0.795 bits per heavy atom. The van der Waals surface area contributed by atoms with Gasteiger partial charge in [0.05, 0.1) is 45.8 Å². The van der Waals surface area contributed by atoms with Crippen LogP contribution in [0.3, 0.4) is 0 Å². The smallest absolute Gasteiger partial charge is 0.343 e. The zero-order valence-electron chi connectivity index (χ0n) is 22.0. The fourth-order valence-corrected chi connectivity index (χ4v) is 4.32. The molecule has 0 aliphatic heterocycles. The van der Waals surface area contributed by atoms with Gasteiger partial charge in [0.25, 0.3) is 0 Å². The van der Waals surface area contributed by atoms with Gasteiger partial charge in [-0.05, 0) is 47.5 Å². The molecule has 1 atom stereocenters. The molecule has 202 valence electrons. The van der Waals surface area contributed by atoms with Gasteiger partial charge in [-0.2, -0.15) is 0 Å². The molecule has 0 amide bonds. The van der Waals surface area contributed by atoms with Crippen LogP contribution in [0.25, 0.3) is 22.1 Å². The third kappa shape index (κ3) is 5.87. The average molecular weight is 533 g/mol. The SMILES string of the molecule is COC(=O)COc1ccc([C@@H](CC(=O)OC)c2c(OC)ccc3c(=O)c(-c4ccc(OC)cc4)coc23)cc1. The Kier molecular flexibility index (Phi) is 8.50. The number of methoxy groups -OCH3 is 4. The van der Waals surface area contributed by atoms with E-state index in [9.17, 15) is 14.4 Å². The second-order valence-electron chi connectivity index (χ2n) is 8.53. The van der Waals surface area contributed by atoms with Gasteiger partial charge >= 0.3 is 11.9 Å². The lowest BCUT2D eigenvalue weighted by Gasteiger charge is -2.21. The van der Waals surface area contributed by atoms with Crippen LogP contribution in [-0.4, -0.2) is 47.0 Å². The number of hydrogen-bond donors (Lipinski definition) is 0. The van der Waals surface area contributed by atoms with Crippen molar-refractivity contribution in [3.05, 3.63) is 88.3 Å². The Labute approximate surface area is 224 Å². The van der Waals surface area contributed by atoms with Gasteiger partial charge < -0.3 is 28.1 Å². The monoisotopic (exact) mass is 532 g/mol. The molecule has 0 spiro atoms. The van der Waals surface area contributed by atoms with Crippen molar-refractivity contribution in [3.63, 3.8) is 0 Å². The summed E-state index contributed by atoms with van der Waals surface area (Å²) in [5, 5.41) is 0.340. The molecule has 4 rings (SSSR count). The van der Waals surface area contributed by atoms with Gasteiger partial charge in [0.2, 0.25) is 5.43 Å². The molecular formula is C30H28O9. The molecule has 4 aromatic rings. The van der Waals surface area contributed by atoms with E-state index in [0.29, 0.717) is 44.9 Å². The maximum absolute atomic E-state index is 13.6. The highest BCUT2D eigenvalue weighted by molar-refractivity contribution is 5.87. The molecule has 39 heavy (non-hydrogen) atoms. The Hall–Kier alpha value is -4.79. The van der Waals surface area contributed by atoms with Crippen LogP contribution < -0.4 is 19.6 Å². The highest BCUT2D eigenvalue weighted by atomic mass is 16.6. The van der Waals surface area contributed by atoms with Crippen LogP contribution in [-0.2, 0) is 19.1 Å². The maximum atomic E-state index is 13.6. The molecular weight excluding hydrogens is 504 g/mol. The summed E-state index contributed by atoms with van der Waals surface area (Å²) in [5.41, 5.74) is 2.39. The van der Waals surface area contributed by atoms with Crippen molar-refractivity contribution in [1.29, 1.82) is 0 Å². The van der Waals surface area contributed by atoms with Gasteiger partial charge in [-0.25, -0.2) is 4.79 Å². The minimum absolute atomic E-state index is 0.0434. The van der Waals surface area contributed by atoms with Crippen LogP contribution in [0.1, 0.15) is 23.5 Å². The molecule has 0 unspecified atom stereocenters. The van der Waals surface area contributed by atoms with Crippen molar-refractivity contribution >= 4 is 22.9 Å². The van der Waals surface area contributed by atoms with E-state index >= 15 is 0 Å². The zero-order valence-corrected chi connectivity index (χ0v) is 22.0. The summed E-state index contributed by atoms with van der Waals surface area (Å²) in [4.78, 5) is 37.5. The minimum atomic E-state index is -0.583. The van der Waals surface area contributed by atoms with Gasteiger partial charge in [-0.3, -0.25) is 9.59 Å². The van der Waals surface area contributed by atoms with Crippen molar-refractivity contribution in [3.8, 4) is 28.4 Å². The standard InChI is InChI=1S/C30H28O9/c1-34-20-9-5-19(6-10-20)24-16-39-30-22(29(24)33)13-14-25(35-2)28(30)23(15-26(31)36-3)18-7-11-21(12-8-18)38-17-27(32)37-4/h5-14,16,23H,15,17H2,1-4H3/t23-/m1/s1. The van der Waals surface area contributed by atoms with Crippen LogP contribution >= 0.6 is 0 Å². The molecule has 0 saturated carbocycles. The van der Waals surface area contributed by atoms with Crippen molar-refractivity contribution < 1.29 is 37.7 Å². The van der Waals surface area contributed by atoms with Gasteiger partial charge in [0.1, 0.15) is 29.1 Å². The Balaban J connectivity index is 1.82. The Morgan fingerprint density at radius 2 is 1.46 bits per heavy atom. The first-order chi connectivity index (χ1) is 18.9. The van der Waals surface area contributed by atoms with E-state index < -0.39 is 17.9 Å². The quantitative estimate of drug-likeness (QED) is 0.268. The predicted octanol–water partition coefficient (Wildman–Crippen LogP) is 4.72. The molecule has 0 bridgehead atoms. The third-order valence-electron chi connectivity index (χ3n) is 6.37. The first-order valence-electron chi connectivity index (χ1n) is 12.0. The number of ether oxygens (including phenoxy) is 5. The summed E-state index contributed by atoms with van der Waals surface area (Å²) >= 11 is 0. The number of esters is 2. The zero-order chi connectivity index (χ0) is 27.9.